The minimum absolute atomic E-state index is 0.0150. The SMILES string of the molecule is O=C(Cc1ccc(F)cc1)N1CCN([C@H](c2ccccc2)c2ccc(F)cc2)CC1. The molecule has 0 saturated carbocycles. The lowest BCUT2D eigenvalue weighted by Gasteiger charge is -2.40. The van der Waals surface area contributed by atoms with E-state index in [-0.39, 0.29) is 30.0 Å². The third-order valence-corrected chi connectivity index (χ3v) is 5.60. The van der Waals surface area contributed by atoms with Gasteiger partial charge in [-0.2, -0.15) is 0 Å². The van der Waals surface area contributed by atoms with Crippen molar-refractivity contribution < 1.29 is 13.6 Å². The van der Waals surface area contributed by atoms with E-state index >= 15 is 0 Å². The van der Waals surface area contributed by atoms with Gasteiger partial charge in [-0.15, -0.1) is 0 Å². The van der Waals surface area contributed by atoms with Crippen LogP contribution in [0.1, 0.15) is 22.7 Å². The van der Waals surface area contributed by atoms with E-state index in [0.717, 1.165) is 29.8 Å². The van der Waals surface area contributed by atoms with Crippen LogP contribution in [0.4, 0.5) is 8.78 Å². The molecule has 1 amide bonds. The van der Waals surface area contributed by atoms with Crippen molar-refractivity contribution in [1.29, 1.82) is 0 Å². The second-order valence-corrected chi connectivity index (χ2v) is 7.58. The predicted octanol–water partition coefficient (Wildman–Crippen LogP) is 4.44. The molecule has 1 saturated heterocycles. The number of hydrogen-bond acceptors (Lipinski definition) is 2. The van der Waals surface area contributed by atoms with Crippen LogP contribution in [0.2, 0.25) is 0 Å². The molecule has 3 aromatic rings. The highest BCUT2D eigenvalue weighted by Gasteiger charge is 2.28. The molecule has 0 unspecified atom stereocenters. The van der Waals surface area contributed by atoms with Crippen molar-refractivity contribution in [3.05, 3.63) is 107 Å². The topological polar surface area (TPSA) is 23.6 Å². The summed E-state index contributed by atoms with van der Waals surface area (Å²) in [6, 6.07) is 22.9. The van der Waals surface area contributed by atoms with Crippen molar-refractivity contribution in [2.45, 2.75) is 12.5 Å². The maximum atomic E-state index is 13.5. The lowest BCUT2D eigenvalue weighted by Crippen LogP contribution is -2.50. The summed E-state index contributed by atoms with van der Waals surface area (Å²) in [4.78, 5) is 16.9. The minimum Gasteiger partial charge on any atom is -0.340 e. The molecule has 3 nitrogen and oxygen atoms in total. The van der Waals surface area contributed by atoms with E-state index in [0.29, 0.717) is 13.1 Å². The molecule has 0 radical (unpaired) electrons. The van der Waals surface area contributed by atoms with Crippen molar-refractivity contribution in [2.24, 2.45) is 0 Å². The first-order valence-electron chi connectivity index (χ1n) is 10.2. The van der Waals surface area contributed by atoms with Crippen LogP contribution in [0.5, 0.6) is 0 Å². The van der Waals surface area contributed by atoms with Gasteiger partial charge in [0, 0.05) is 26.2 Å². The molecule has 0 aromatic heterocycles. The Kier molecular flexibility index (Phi) is 6.19. The second-order valence-electron chi connectivity index (χ2n) is 7.58. The van der Waals surface area contributed by atoms with Gasteiger partial charge < -0.3 is 4.90 Å². The van der Waals surface area contributed by atoms with Gasteiger partial charge in [0.25, 0.3) is 0 Å². The number of piperazine rings is 1. The Labute approximate surface area is 175 Å². The fraction of sp³-hybridized carbons (Fsp3) is 0.240. The number of benzene rings is 3. The zero-order valence-corrected chi connectivity index (χ0v) is 16.7. The van der Waals surface area contributed by atoms with Gasteiger partial charge >= 0.3 is 0 Å². The van der Waals surface area contributed by atoms with Crippen LogP contribution in [0.25, 0.3) is 0 Å². The molecule has 4 rings (SSSR count). The zero-order valence-electron chi connectivity index (χ0n) is 16.7. The van der Waals surface area contributed by atoms with E-state index in [4.69, 9.17) is 0 Å². The van der Waals surface area contributed by atoms with Gasteiger partial charge in [-0.25, -0.2) is 8.78 Å². The van der Waals surface area contributed by atoms with Gasteiger partial charge in [-0.05, 0) is 41.0 Å². The van der Waals surface area contributed by atoms with Crippen molar-refractivity contribution >= 4 is 5.91 Å². The maximum Gasteiger partial charge on any atom is 0.227 e. The summed E-state index contributed by atoms with van der Waals surface area (Å²) in [5.74, 6) is -0.492. The highest BCUT2D eigenvalue weighted by molar-refractivity contribution is 5.78. The monoisotopic (exact) mass is 406 g/mol. The molecule has 30 heavy (non-hydrogen) atoms. The summed E-state index contributed by atoms with van der Waals surface area (Å²) in [6.45, 7) is 2.72. The lowest BCUT2D eigenvalue weighted by molar-refractivity contribution is -0.132. The Hall–Kier alpha value is -3.05. The number of nitrogens with zero attached hydrogens (tertiary/aromatic N) is 2. The van der Waals surface area contributed by atoms with Crippen LogP contribution in [-0.2, 0) is 11.2 Å². The summed E-state index contributed by atoms with van der Waals surface area (Å²) in [6.07, 6.45) is 0.278. The molecule has 1 fully saturated rings. The summed E-state index contributed by atoms with van der Waals surface area (Å²) < 4.78 is 26.5. The molecule has 1 aliphatic rings. The van der Waals surface area contributed by atoms with Crippen LogP contribution in [0.3, 0.4) is 0 Å². The van der Waals surface area contributed by atoms with E-state index in [2.05, 4.69) is 17.0 Å². The number of rotatable bonds is 5. The third-order valence-electron chi connectivity index (χ3n) is 5.60. The van der Waals surface area contributed by atoms with Crippen LogP contribution in [-0.4, -0.2) is 41.9 Å². The standard InChI is InChI=1S/C25H24F2N2O/c26-22-10-6-19(7-11-22)18-24(30)28-14-16-29(17-15-28)25(20-4-2-1-3-5-20)21-8-12-23(27)13-9-21/h1-13,25H,14-18H2/t25-/m1/s1. The summed E-state index contributed by atoms with van der Waals surface area (Å²) in [5.41, 5.74) is 3.00. The molecule has 5 heteroatoms. The molecule has 0 N–H and O–H groups in total. The van der Waals surface area contributed by atoms with E-state index in [1.807, 2.05) is 35.2 Å². The van der Waals surface area contributed by atoms with E-state index < -0.39 is 0 Å². The number of amides is 1. The van der Waals surface area contributed by atoms with E-state index in [1.165, 1.54) is 24.3 Å². The Bertz CT molecular complexity index is 966. The Morgan fingerprint density at radius 2 is 1.27 bits per heavy atom. The lowest BCUT2D eigenvalue weighted by atomic mass is 9.96. The van der Waals surface area contributed by atoms with Gasteiger partial charge in [-0.3, -0.25) is 9.69 Å². The molecule has 0 spiro atoms. The number of carbonyl (C=O) groups excluding carboxylic acids is 1. The Morgan fingerprint density at radius 1 is 0.733 bits per heavy atom. The molecule has 1 aliphatic heterocycles. The first kappa shape index (κ1) is 20.2. The van der Waals surface area contributed by atoms with Gasteiger partial charge in [0.15, 0.2) is 0 Å². The molecule has 1 heterocycles. The van der Waals surface area contributed by atoms with E-state index in [1.54, 1.807) is 12.1 Å². The molecule has 0 aliphatic carbocycles. The third kappa shape index (κ3) is 4.74. The van der Waals surface area contributed by atoms with Crippen molar-refractivity contribution in [3.8, 4) is 0 Å². The van der Waals surface area contributed by atoms with Crippen LogP contribution >= 0.6 is 0 Å². The Balaban J connectivity index is 1.45. The average Bonchev–Trinajstić information content (AvgIpc) is 2.78. The normalized spacial score (nSPS) is 15.7. The molecular weight excluding hydrogens is 382 g/mol. The van der Waals surface area contributed by atoms with Gasteiger partial charge in [0.2, 0.25) is 5.91 Å². The Morgan fingerprint density at radius 3 is 1.87 bits per heavy atom. The van der Waals surface area contributed by atoms with Gasteiger partial charge in [0.05, 0.1) is 12.5 Å². The highest BCUT2D eigenvalue weighted by atomic mass is 19.1. The quantitative estimate of drug-likeness (QED) is 0.625. The first-order valence-corrected chi connectivity index (χ1v) is 10.2. The highest BCUT2D eigenvalue weighted by Crippen LogP contribution is 2.29. The first-order chi connectivity index (χ1) is 14.6. The van der Waals surface area contributed by atoms with Crippen molar-refractivity contribution in [3.63, 3.8) is 0 Å². The summed E-state index contributed by atoms with van der Waals surface area (Å²) in [7, 11) is 0. The minimum atomic E-state index is -0.299. The number of hydrogen-bond donors (Lipinski definition) is 0. The number of halogens is 2. The fourth-order valence-electron chi connectivity index (χ4n) is 4.01. The van der Waals surface area contributed by atoms with Crippen LogP contribution < -0.4 is 0 Å². The molecule has 0 bridgehead atoms. The maximum absolute atomic E-state index is 13.5. The molecular formula is C25H24F2N2O. The molecule has 1 atom stereocenters. The predicted molar refractivity (Wildman–Crippen MR) is 113 cm³/mol. The van der Waals surface area contributed by atoms with Crippen LogP contribution in [0, 0.1) is 11.6 Å². The fourth-order valence-corrected chi connectivity index (χ4v) is 4.01. The smallest absolute Gasteiger partial charge is 0.227 e. The average molecular weight is 406 g/mol. The summed E-state index contributed by atoms with van der Waals surface area (Å²) in [5, 5.41) is 0. The largest absolute Gasteiger partial charge is 0.340 e. The van der Waals surface area contributed by atoms with E-state index in [9.17, 15) is 13.6 Å². The number of carbonyl (C=O) groups is 1. The second kappa shape index (κ2) is 9.18. The van der Waals surface area contributed by atoms with Crippen molar-refractivity contribution in [2.75, 3.05) is 26.2 Å². The summed E-state index contributed by atoms with van der Waals surface area (Å²) >= 11 is 0. The molecule has 154 valence electrons. The molecule has 3 aromatic carbocycles. The van der Waals surface area contributed by atoms with Gasteiger partial charge in [-0.1, -0.05) is 54.6 Å². The zero-order chi connectivity index (χ0) is 20.9. The van der Waals surface area contributed by atoms with Crippen molar-refractivity contribution in [1.82, 2.24) is 9.80 Å². The van der Waals surface area contributed by atoms with Crippen LogP contribution in [0.15, 0.2) is 78.9 Å². The van der Waals surface area contributed by atoms with Gasteiger partial charge in [0.1, 0.15) is 11.6 Å².